The number of hydrogen-bond acceptors (Lipinski definition) is 3. The molecular formula is C16H20O3. The first-order valence-electron chi connectivity index (χ1n) is 7.00. The number of benzene rings is 1. The second-order valence-corrected chi connectivity index (χ2v) is 5.01. The van der Waals surface area contributed by atoms with Crippen LogP contribution in [0, 0.1) is 0 Å². The lowest BCUT2D eigenvalue weighted by Crippen LogP contribution is -2.10. The number of rotatable bonds is 7. The van der Waals surface area contributed by atoms with Crippen molar-refractivity contribution < 1.29 is 14.3 Å². The Kier molecular flexibility index (Phi) is 4.72. The van der Waals surface area contributed by atoms with Gasteiger partial charge in [0.15, 0.2) is 5.78 Å². The van der Waals surface area contributed by atoms with E-state index in [1.165, 1.54) is 12.8 Å². The zero-order valence-electron chi connectivity index (χ0n) is 11.4. The second kappa shape index (κ2) is 6.50. The molecule has 1 aromatic rings. The molecule has 0 heterocycles. The van der Waals surface area contributed by atoms with Gasteiger partial charge in [-0.25, -0.2) is 0 Å². The Hall–Kier alpha value is -1.64. The van der Waals surface area contributed by atoms with Gasteiger partial charge in [0, 0.05) is 12.0 Å². The highest BCUT2D eigenvalue weighted by Crippen LogP contribution is 2.41. The highest BCUT2D eigenvalue weighted by molar-refractivity contribution is 5.99. The summed E-state index contributed by atoms with van der Waals surface area (Å²) in [4.78, 5) is 23.6. The van der Waals surface area contributed by atoms with Gasteiger partial charge in [-0.05, 0) is 30.7 Å². The maximum Gasteiger partial charge on any atom is 0.306 e. The van der Waals surface area contributed by atoms with Crippen LogP contribution in [0.15, 0.2) is 24.3 Å². The normalized spacial score (nSPS) is 14.2. The number of carbonyl (C=O) groups is 2. The molecule has 0 atom stereocenters. The molecule has 0 unspecified atom stereocenters. The van der Waals surface area contributed by atoms with Crippen molar-refractivity contribution in [2.75, 3.05) is 6.61 Å². The molecule has 0 saturated heterocycles. The predicted molar refractivity (Wildman–Crippen MR) is 73.2 cm³/mol. The fraction of sp³-hybridized carbons (Fsp3) is 0.500. The maximum atomic E-state index is 12.2. The number of esters is 1. The second-order valence-electron chi connectivity index (χ2n) is 5.01. The summed E-state index contributed by atoms with van der Waals surface area (Å²) in [6, 6.07) is 7.75. The lowest BCUT2D eigenvalue weighted by atomic mass is 9.97. The molecular weight excluding hydrogens is 240 g/mol. The Bertz CT molecular complexity index is 461. The van der Waals surface area contributed by atoms with Crippen molar-refractivity contribution in [3.05, 3.63) is 35.4 Å². The minimum atomic E-state index is -0.279. The first-order chi connectivity index (χ1) is 9.22. The van der Waals surface area contributed by atoms with Gasteiger partial charge in [0.2, 0.25) is 0 Å². The molecule has 1 fully saturated rings. The van der Waals surface area contributed by atoms with Crippen LogP contribution in [0.2, 0.25) is 0 Å². The van der Waals surface area contributed by atoms with E-state index in [-0.39, 0.29) is 24.6 Å². The van der Waals surface area contributed by atoms with E-state index in [1.807, 2.05) is 31.2 Å². The molecule has 0 aromatic heterocycles. The third-order valence-corrected chi connectivity index (χ3v) is 3.30. The molecule has 19 heavy (non-hydrogen) atoms. The molecule has 0 N–H and O–H groups in total. The molecule has 3 heteroatoms. The van der Waals surface area contributed by atoms with Crippen LogP contribution >= 0.6 is 0 Å². The molecule has 1 aliphatic rings. The van der Waals surface area contributed by atoms with E-state index >= 15 is 0 Å². The molecule has 1 aliphatic carbocycles. The van der Waals surface area contributed by atoms with E-state index < -0.39 is 0 Å². The molecule has 1 aromatic carbocycles. The van der Waals surface area contributed by atoms with Gasteiger partial charge in [0.25, 0.3) is 0 Å². The van der Waals surface area contributed by atoms with Crippen molar-refractivity contribution >= 4 is 11.8 Å². The van der Waals surface area contributed by atoms with Crippen LogP contribution in [0.4, 0.5) is 0 Å². The van der Waals surface area contributed by atoms with Crippen LogP contribution in [-0.4, -0.2) is 18.4 Å². The summed E-state index contributed by atoms with van der Waals surface area (Å²) >= 11 is 0. The number of Topliss-reactive ketones (excluding diaryl/α,β-unsaturated/α-hetero) is 1. The summed E-state index contributed by atoms with van der Waals surface area (Å²) in [5, 5.41) is 0. The van der Waals surface area contributed by atoms with Gasteiger partial charge >= 0.3 is 5.97 Å². The SMILES string of the molecule is CCCOC(=O)CCC(=O)c1ccccc1C1CC1. The Morgan fingerprint density at radius 3 is 2.63 bits per heavy atom. The molecule has 0 amide bonds. The van der Waals surface area contributed by atoms with Crippen molar-refractivity contribution in [1.82, 2.24) is 0 Å². The average Bonchev–Trinajstić information content (AvgIpc) is 3.27. The van der Waals surface area contributed by atoms with Crippen LogP contribution < -0.4 is 0 Å². The van der Waals surface area contributed by atoms with E-state index in [0.29, 0.717) is 12.5 Å². The van der Waals surface area contributed by atoms with Crippen LogP contribution in [-0.2, 0) is 9.53 Å². The van der Waals surface area contributed by atoms with E-state index in [4.69, 9.17) is 4.74 Å². The zero-order valence-corrected chi connectivity index (χ0v) is 11.4. The number of ether oxygens (including phenoxy) is 1. The largest absolute Gasteiger partial charge is 0.466 e. The van der Waals surface area contributed by atoms with Gasteiger partial charge in [0.1, 0.15) is 0 Å². The average molecular weight is 260 g/mol. The lowest BCUT2D eigenvalue weighted by Gasteiger charge is -2.07. The molecule has 0 radical (unpaired) electrons. The Balaban J connectivity index is 1.91. The minimum Gasteiger partial charge on any atom is -0.466 e. The first-order valence-corrected chi connectivity index (χ1v) is 7.00. The van der Waals surface area contributed by atoms with E-state index in [0.717, 1.165) is 17.5 Å². The molecule has 0 spiro atoms. The van der Waals surface area contributed by atoms with Crippen LogP contribution in [0.3, 0.4) is 0 Å². The van der Waals surface area contributed by atoms with Crippen molar-refractivity contribution in [2.24, 2.45) is 0 Å². The van der Waals surface area contributed by atoms with Gasteiger partial charge in [-0.2, -0.15) is 0 Å². The summed E-state index contributed by atoms with van der Waals surface area (Å²) in [6.45, 7) is 2.38. The fourth-order valence-corrected chi connectivity index (χ4v) is 2.14. The van der Waals surface area contributed by atoms with Crippen molar-refractivity contribution in [3.8, 4) is 0 Å². The van der Waals surface area contributed by atoms with Crippen molar-refractivity contribution in [3.63, 3.8) is 0 Å². The molecule has 2 rings (SSSR count). The monoisotopic (exact) mass is 260 g/mol. The Labute approximate surface area is 114 Å². The number of ketones is 1. The van der Waals surface area contributed by atoms with Gasteiger partial charge in [-0.3, -0.25) is 9.59 Å². The summed E-state index contributed by atoms with van der Waals surface area (Å²) in [5.74, 6) is 0.322. The van der Waals surface area contributed by atoms with E-state index in [9.17, 15) is 9.59 Å². The Morgan fingerprint density at radius 2 is 1.95 bits per heavy atom. The smallest absolute Gasteiger partial charge is 0.306 e. The highest BCUT2D eigenvalue weighted by atomic mass is 16.5. The molecule has 102 valence electrons. The molecule has 3 nitrogen and oxygen atoms in total. The summed E-state index contributed by atoms with van der Waals surface area (Å²) < 4.78 is 4.98. The standard InChI is InChI=1S/C16H20O3/c1-2-11-19-16(18)10-9-15(17)14-6-4-3-5-13(14)12-7-8-12/h3-6,12H,2,7-11H2,1H3. The van der Waals surface area contributed by atoms with Gasteiger partial charge in [-0.1, -0.05) is 31.2 Å². The molecule has 0 bridgehead atoms. The summed E-state index contributed by atoms with van der Waals surface area (Å²) in [5.41, 5.74) is 1.93. The number of hydrogen-bond donors (Lipinski definition) is 0. The molecule has 0 aliphatic heterocycles. The first kappa shape index (κ1) is 13.8. The maximum absolute atomic E-state index is 12.2. The predicted octanol–water partition coefficient (Wildman–Crippen LogP) is 3.48. The van der Waals surface area contributed by atoms with Crippen LogP contribution in [0.1, 0.15) is 60.9 Å². The van der Waals surface area contributed by atoms with Crippen molar-refractivity contribution in [2.45, 2.75) is 44.9 Å². The molecule has 1 saturated carbocycles. The number of carbonyl (C=O) groups excluding carboxylic acids is 2. The minimum absolute atomic E-state index is 0.0518. The summed E-state index contributed by atoms with van der Waals surface area (Å²) in [7, 11) is 0. The Morgan fingerprint density at radius 1 is 1.21 bits per heavy atom. The quantitative estimate of drug-likeness (QED) is 0.557. The summed E-state index contributed by atoms with van der Waals surface area (Å²) in [6.07, 6.45) is 3.57. The topological polar surface area (TPSA) is 43.4 Å². The van der Waals surface area contributed by atoms with Gasteiger partial charge in [-0.15, -0.1) is 0 Å². The third kappa shape index (κ3) is 3.91. The van der Waals surface area contributed by atoms with Gasteiger partial charge in [0.05, 0.1) is 13.0 Å². The van der Waals surface area contributed by atoms with Crippen LogP contribution in [0.5, 0.6) is 0 Å². The van der Waals surface area contributed by atoms with Gasteiger partial charge < -0.3 is 4.74 Å². The van der Waals surface area contributed by atoms with Crippen LogP contribution in [0.25, 0.3) is 0 Å². The third-order valence-electron chi connectivity index (χ3n) is 3.30. The fourth-order valence-electron chi connectivity index (χ4n) is 2.14. The lowest BCUT2D eigenvalue weighted by molar-refractivity contribution is -0.143. The zero-order chi connectivity index (χ0) is 13.7. The van der Waals surface area contributed by atoms with E-state index in [1.54, 1.807) is 0 Å². The van der Waals surface area contributed by atoms with Crippen molar-refractivity contribution in [1.29, 1.82) is 0 Å². The van der Waals surface area contributed by atoms with E-state index in [2.05, 4.69) is 0 Å². The highest BCUT2D eigenvalue weighted by Gasteiger charge is 2.27.